The molecule has 0 amide bonds. The standard InChI is InChI=1S/C7H11NO/c1-6(2)3-4-7(9)5-8/h3-5,9H,1,8H2,2H3/b4-3-,7-5+. The second-order valence-corrected chi connectivity index (χ2v) is 1.77. The Bertz CT molecular complexity index is 156. The van der Waals surface area contributed by atoms with Crippen molar-refractivity contribution in [1.29, 1.82) is 0 Å². The van der Waals surface area contributed by atoms with Gasteiger partial charge in [0.15, 0.2) is 0 Å². The minimum absolute atomic E-state index is 0.0537. The molecule has 0 aromatic carbocycles. The van der Waals surface area contributed by atoms with Gasteiger partial charge in [0.25, 0.3) is 0 Å². The maximum absolute atomic E-state index is 8.72. The summed E-state index contributed by atoms with van der Waals surface area (Å²) in [6.07, 6.45) is 4.29. The van der Waals surface area contributed by atoms with E-state index in [0.29, 0.717) is 0 Å². The maximum Gasteiger partial charge on any atom is 0.130 e. The first-order valence-electron chi connectivity index (χ1n) is 2.61. The molecule has 0 atom stereocenters. The van der Waals surface area contributed by atoms with Crippen molar-refractivity contribution in [2.75, 3.05) is 0 Å². The zero-order valence-corrected chi connectivity index (χ0v) is 5.46. The molecule has 0 heterocycles. The van der Waals surface area contributed by atoms with Crippen molar-refractivity contribution in [1.82, 2.24) is 0 Å². The van der Waals surface area contributed by atoms with Crippen LogP contribution in [0.5, 0.6) is 0 Å². The molecule has 0 spiro atoms. The molecule has 0 aromatic rings. The van der Waals surface area contributed by atoms with E-state index in [2.05, 4.69) is 6.58 Å². The van der Waals surface area contributed by atoms with Gasteiger partial charge in [-0.1, -0.05) is 18.2 Å². The quantitative estimate of drug-likeness (QED) is 0.433. The minimum Gasteiger partial charge on any atom is -0.506 e. The van der Waals surface area contributed by atoms with E-state index in [1.165, 1.54) is 6.08 Å². The molecule has 2 heteroatoms. The average Bonchev–Trinajstić information content (AvgIpc) is 1.83. The summed E-state index contributed by atoms with van der Waals surface area (Å²) >= 11 is 0. The molecule has 3 N–H and O–H groups in total. The fourth-order valence-corrected chi connectivity index (χ4v) is 0.283. The highest BCUT2D eigenvalue weighted by Gasteiger charge is 1.78. The first kappa shape index (κ1) is 7.82. The van der Waals surface area contributed by atoms with Crippen molar-refractivity contribution in [3.8, 4) is 0 Å². The molecule has 0 fully saturated rings. The Morgan fingerprint density at radius 2 is 2.11 bits per heavy atom. The van der Waals surface area contributed by atoms with Crippen LogP contribution in [0.4, 0.5) is 0 Å². The molecule has 0 aromatic heterocycles. The summed E-state index contributed by atoms with van der Waals surface area (Å²) in [5.74, 6) is 0.0537. The van der Waals surface area contributed by atoms with Crippen LogP contribution in [0.1, 0.15) is 6.92 Å². The minimum atomic E-state index is 0.0537. The van der Waals surface area contributed by atoms with Crippen molar-refractivity contribution in [2.45, 2.75) is 6.92 Å². The van der Waals surface area contributed by atoms with E-state index < -0.39 is 0 Å². The first-order valence-corrected chi connectivity index (χ1v) is 2.61. The van der Waals surface area contributed by atoms with Crippen molar-refractivity contribution < 1.29 is 5.11 Å². The molecule has 0 aliphatic carbocycles. The van der Waals surface area contributed by atoms with Crippen LogP contribution in [0.2, 0.25) is 0 Å². The summed E-state index contributed by atoms with van der Waals surface area (Å²) < 4.78 is 0. The summed E-state index contributed by atoms with van der Waals surface area (Å²) in [4.78, 5) is 0. The highest BCUT2D eigenvalue weighted by Crippen LogP contribution is 1.93. The number of nitrogens with two attached hydrogens (primary N) is 1. The lowest BCUT2D eigenvalue weighted by Crippen LogP contribution is -1.82. The van der Waals surface area contributed by atoms with Gasteiger partial charge < -0.3 is 10.8 Å². The van der Waals surface area contributed by atoms with E-state index in [1.807, 2.05) is 6.92 Å². The zero-order chi connectivity index (χ0) is 7.28. The maximum atomic E-state index is 8.72. The van der Waals surface area contributed by atoms with Gasteiger partial charge in [-0.25, -0.2) is 0 Å². The number of hydrogen-bond donors (Lipinski definition) is 2. The van der Waals surface area contributed by atoms with E-state index in [4.69, 9.17) is 10.8 Å². The van der Waals surface area contributed by atoms with Gasteiger partial charge in [-0.15, -0.1) is 0 Å². The van der Waals surface area contributed by atoms with Crippen LogP contribution in [0, 0.1) is 0 Å². The number of allylic oxidation sites excluding steroid dienone is 3. The molecule has 50 valence electrons. The number of aliphatic hydroxyl groups excluding tert-OH is 1. The van der Waals surface area contributed by atoms with E-state index >= 15 is 0 Å². The van der Waals surface area contributed by atoms with Crippen molar-refractivity contribution >= 4 is 0 Å². The van der Waals surface area contributed by atoms with E-state index in [9.17, 15) is 0 Å². The van der Waals surface area contributed by atoms with Gasteiger partial charge in [0.1, 0.15) is 5.76 Å². The fourth-order valence-electron chi connectivity index (χ4n) is 0.283. The fraction of sp³-hybridized carbons (Fsp3) is 0.143. The van der Waals surface area contributed by atoms with Gasteiger partial charge in [0.2, 0.25) is 0 Å². The van der Waals surface area contributed by atoms with Crippen LogP contribution in [0.3, 0.4) is 0 Å². The lowest BCUT2D eigenvalue weighted by atomic mass is 10.3. The molecule has 0 rings (SSSR count). The van der Waals surface area contributed by atoms with Gasteiger partial charge in [-0.05, 0) is 13.0 Å². The Morgan fingerprint density at radius 1 is 1.56 bits per heavy atom. The largest absolute Gasteiger partial charge is 0.506 e. The Hall–Kier alpha value is -1.18. The summed E-state index contributed by atoms with van der Waals surface area (Å²) in [5.41, 5.74) is 5.84. The van der Waals surface area contributed by atoms with E-state index in [-0.39, 0.29) is 5.76 Å². The molecule has 0 radical (unpaired) electrons. The smallest absolute Gasteiger partial charge is 0.130 e. The second-order valence-electron chi connectivity index (χ2n) is 1.77. The molecule has 0 bridgehead atoms. The third-order valence-corrected chi connectivity index (χ3v) is 0.709. The molecule has 0 aliphatic rings. The SMILES string of the molecule is C=C(C)/C=C\C(O)=C/N. The van der Waals surface area contributed by atoms with E-state index in [1.54, 1.807) is 6.08 Å². The van der Waals surface area contributed by atoms with Gasteiger partial charge in [-0.2, -0.15) is 0 Å². The highest BCUT2D eigenvalue weighted by atomic mass is 16.3. The Balaban J connectivity index is 3.86. The summed E-state index contributed by atoms with van der Waals surface area (Å²) in [5, 5.41) is 8.72. The molecular weight excluding hydrogens is 114 g/mol. The molecule has 0 saturated heterocycles. The summed E-state index contributed by atoms with van der Waals surface area (Å²) in [6.45, 7) is 5.43. The van der Waals surface area contributed by atoms with Crippen molar-refractivity contribution in [3.63, 3.8) is 0 Å². The van der Waals surface area contributed by atoms with Gasteiger partial charge in [-0.3, -0.25) is 0 Å². The average molecular weight is 125 g/mol. The Morgan fingerprint density at radius 3 is 2.44 bits per heavy atom. The first-order chi connectivity index (χ1) is 4.16. The monoisotopic (exact) mass is 125 g/mol. The molecule has 0 saturated carbocycles. The van der Waals surface area contributed by atoms with Crippen molar-refractivity contribution in [3.05, 3.63) is 36.3 Å². The van der Waals surface area contributed by atoms with Crippen LogP contribution < -0.4 is 5.73 Å². The lowest BCUT2D eigenvalue weighted by Gasteiger charge is -1.86. The van der Waals surface area contributed by atoms with Crippen LogP contribution in [0.15, 0.2) is 36.3 Å². The van der Waals surface area contributed by atoms with Crippen LogP contribution in [-0.4, -0.2) is 5.11 Å². The van der Waals surface area contributed by atoms with E-state index in [0.717, 1.165) is 11.8 Å². The zero-order valence-electron chi connectivity index (χ0n) is 5.46. The summed E-state index contributed by atoms with van der Waals surface area (Å²) in [7, 11) is 0. The molecular formula is C7H11NO. The van der Waals surface area contributed by atoms with Crippen LogP contribution >= 0.6 is 0 Å². The third kappa shape index (κ3) is 4.68. The van der Waals surface area contributed by atoms with Crippen LogP contribution in [-0.2, 0) is 0 Å². The van der Waals surface area contributed by atoms with Gasteiger partial charge in [0, 0.05) is 6.20 Å². The normalized spacial score (nSPS) is 12.3. The lowest BCUT2D eigenvalue weighted by molar-refractivity contribution is 0.430. The number of aliphatic hydroxyl groups is 1. The molecule has 2 nitrogen and oxygen atoms in total. The predicted octanol–water partition coefficient (Wildman–Crippen LogP) is 1.48. The molecule has 0 aliphatic heterocycles. The second kappa shape index (κ2) is 3.78. The Labute approximate surface area is 55.0 Å². The predicted molar refractivity (Wildman–Crippen MR) is 38.9 cm³/mol. The third-order valence-electron chi connectivity index (χ3n) is 0.709. The molecule has 0 unspecified atom stereocenters. The number of hydrogen-bond acceptors (Lipinski definition) is 2. The number of rotatable bonds is 2. The highest BCUT2D eigenvalue weighted by molar-refractivity contribution is 5.19. The van der Waals surface area contributed by atoms with Gasteiger partial charge in [0.05, 0.1) is 0 Å². The summed E-state index contributed by atoms with van der Waals surface area (Å²) in [6, 6.07) is 0. The molecule has 9 heavy (non-hydrogen) atoms. The van der Waals surface area contributed by atoms with Gasteiger partial charge >= 0.3 is 0 Å². The topological polar surface area (TPSA) is 46.2 Å². The Kier molecular flexibility index (Phi) is 3.28. The van der Waals surface area contributed by atoms with Crippen molar-refractivity contribution in [2.24, 2.45) is 5.73 Å². The van der Waals surface area contributed by atoms with Crippen LogP contribution in [0.25, 0.3) is 0 Å².